The second-order valence-corrected chi connectivity index (χ2v) is 8.80. The molecule has 3 heterocycles. The average molecular weight is 499 g/mol. The van der Waals surface area contributed by atoms with Gasteiger partial charge in [-0.1, -0.05) is 36.4 Å². The van der Waals surface area contributed by atoms with Gasteiger partial charge in [-0.3, -0.25) is 9.63 Å². The number of carbonyl (C=O) groups excluding carboxylic acids is 1. The molecule has 1 aliphatic rings. The van der Waals surface area contributed by atoms with Gasteiger partial charge in [0.15, 0.2) is 5.65 Å². The van der Waals surface area contributed by atoms with Gasteiger partial charge >= 0.3 is 7.12 Å². The van der Waals surface area contributed by atoms with Crippen LogP contribution < -0.4 is 15.8 Å². The van der Waals surface area contributed by atoms with Crippen LogP contribution in [-0.4, -0.2) is 63.8 Å². The van der Waals surface area contributed by atoms with Crippen LogP contribution >= 0.6 is 0 Å². The summed E-state index contributed by atoms with van der Waals surface area (Å²) in [6.07, 6.45) is 1.53. The quantitative estimate of drug-likeness (QED) is 0.256. The molecule has 0 aliphatic carbocycles. The largest absolute Gasteiger partial charge is 0.488 e. The van der Waals surface area contributed by atoms with E-state index < -0.39 is 13.0 Å². The predicted octanol–water partition coefficient (Wildman–Crippen LogP) is 1.46. The Morgan fingerprint density at radius 3 is 2.78 bits per heavy atom. The zero-order chi connectivity index (χ0) is 25.8. The number of anilines is 1. The van der Waals surface area contributed by atoms with Gasteiger partial charge in [-0.25, -0.2) is 20.4 Å². The number of nitrogens with zero attached hydrogens (tertiary/aromatic N) is 4. The Morgan fingerprint density at radius 2 is 2.00 bits per heavy atom. The van der Waals surface area contributed by atoms with Gasteiger partial charge in [-0.15, -0.1) is 0 Å². The molecule has 1 fully saturated rings. The molecule has 1 unspecified atom stereocenters. The van der Waals surface area contributed by atoms with Crippen molar-refractivity contribution in [3.05, 3.63) is 78.1 Å². The first-order chi connectivity index (χ1) is 18.0. The number of carbonyl (C=O) groups is 1. The number of fused-ring (bicyclic) bond motifs is 1. The monoisotopic (exact) mass is 499 g/mol. The molecule has 1 amide bonds. The van der Waals surface area contributed by atoms with Gasteiger partial charge in [0, 0.05) is 17.7 Å². The van der Waals surface area contributed by atoms with Crippen LogP contribution in [0.3, 0.4) is 0 Å². The van der Waals surface area contributed by atoms with E-state index in [4.69, 9.17) is 14.6 Å². The number of ether oxygens (including phenoxy) is 1. The summed E-state index contributed by atoms with van der Waals surface area (Å²) in [6.45, 7) is 4.29. The van der Waals surface area contributed by atoms with E-state index in [-0.39, 0.29) is 12.6 Å². The molecule has 10 nitrogen and oxygen atoms in total. The van der Waals surface area contributed by atoms with E-state index in [1.165, 1.54) is 6.33 Å². The first-order valence-corrected chi connectivity index (χ1v) is 11.9. The molecule has 1 saturated heterocycles. The van der Waals surface area contributed by atoms with Crippen LogP contribution in [0.4, 0.5) is 5.82 Å². The van der Waals surface area contributed by atoms with Crippen molar-refractivity contribution in [3.8, 4) is 11.3 Å². The highest BCUT2D eigenvalue weighted by atomic mass is 16.6. The number of amides is 1. The first kappa shape index (κ1) is 24.8. The van der Waals surface area contributed by atoms with Gasteiger partial charge in [0.2, 0.25) is 0 Å². The summed E-state index contributed by atoms with van der Waals surface area (Å²) in [5, 5.41) is 19.2. The number of nitrogens with one attached hydrogen (secondary N) is 1. The van der Waals surface area contributed by atoms with Crippen molar-refractivity contribution in [2.75, 3.05) is 24.7 Å². The fraction of sp³-hybridized carbons (Fsp3) is 0.231. The Morgan fingerprint density at radius 1 is 1.16 bits per heavy atom. The molecule has 2 aromatic carbocycles. The molecule has 5 rings (SSSR count). The van der Waals surface area contributed by atoms with Gasteiger partial charge in [0.1, 0.15) is 12.1 Å². The third kappa shape index (κ3) is 5.60. The van der Waals surface area contributed by atoms with Crippen molar-refractivity contribution >= 4 is 35.3 Å². The zero-order valence-electron chi connectivity index (χ0n) is 20.2. The maximum Gasteiger partial charge on any atom is 0.488 e. The number of benzene rings is 2. The molecular formula is C26H26BN5O5. The van der Waals surface area contributed by atoms with Gasteiger partial charge in [0.25, 0.3) is 5.91 Å². The normalized spacial score (nSPS) is 15.5. The SMILES string of the molecule is CC1COCCN1c1ncnc2nc(-c3cccc(C(=O)NOCc4ccc(B(O)O)cc4)c3)ccc12. The summed E-state index contributed by atoms with van der Waals surface area (Å²) in [5.41, 5.74) is 6.06. The molecule has 2 aromatic heterocycles. The maximum atomic E-state index is 12.7. The molecule has 1 atom stereocenters. The predicted molar refractivity (Wildman–Crippen MR) is 139 cm³/mol. The first-order valence-electron chi connectivity index (χ1n) is 11.9. The van der Waals surface area contributed by atoms with Gasteiger partial charge in [-0.2, -0.15) is 0 Å². The van der Waals surface area contributed by atoms with Crippen molar-refractivity contribution in [1.29, 1.82) is 0 Å². The lowest BCUT2D eigenvalue weighted by molar-refractivity contribution is 0.0233. The Kier molecular flexibility index (Phi) is 7.38. The van der Waals surface area contributed by atoms with Gasteiger partial charge in [-0.05, 0) is 42.2 Å². The van der Waals surface area contributed by atoms with Gasteiger partial charge < -0.3 is 19.7 Å². The minimum atomic E-state index is -1.53. The molecule has 0 spiro atoms. The number of morpholine rings is 1. The second kappa shape index (κ2) is 11.0. The Labute approximate surface area is 214 Å². The summed E-state index contributed by atoms with van der Waals surface area (Å²) in [4.78, 5) is 33.9. The maximum absolute atomic E-state index is 12.7. The highest BCUT2D eigenvalue weighted by Crippen LogP contribution is 2.28. The van der Waals surface area contributed by atoms with Crippen LogP contribution in [0.15, 0.2) is 67.0 Å². The highest BCUT2D eigenvalue weighted by molar-refractivity contribution is 6.58. The fourth-order valence-electron chi connectivity index (χ4n) is 4.21. The van der Waals surface area contributed by atoms with Crippen molar-refractivity contribution < 1.29 is 24.4 Å². The fourth-order valence-corrected chi connectivity index (χ4v) is 4.21. The van der Waals surface area contributed by atoms with Crippen molar-refractivity contribution in [3.63, 3.8) is 0 Å². The molecule has 37 heavy (non-hydrogen) atoms. The number of aromatic nitrogens is 3. The Balaban J connectivity index is 1.29. The van der Waals surface area contributed by atoms with E-state index in [2.05, 4.69) is 27.3 Å². The lowest BCUT2D eigenvalue weighted by Crippen LogP contribution is -2.44. The van der Waals surface area contributed by atoms with Crippen LogP contribution in [0.2, 0.25) is 0 Å². The molecule has 11 heteroatoms. The minimum absolute atomic E-state index is 0.128. The average Bonchev–Trinajstić information content (AvgIpc) is 2.93. The number of rotatable bonds is 7. The second-order valence-electron chi connectivity index (χ2n) is 8.80. The van der Waals surface area contributed by atoms with E-state index in [9.17, 15) is 14.8 Å². The van der Waals surface area contributed by atoms with E-state index in [1.54, 1.807) is 42.5 Å². The van der Waals surface area contributed by atoms with E-state index in [1.807, 2.05) is 18.2 Å². The van der Waals surface area contributed by atoms with Crippen LogP contribution in [0.25, 0.3) is 22.3 Å². The van der Waals surface area contributed by atoms with Crippen molar-refractivity contribution in [2.24, 2.45) is 0 Å². The van der Waals surface area contributed by atoms with E-state index in [0.29, 0.717) is 35.6 Å². The molecule has 0 bridgehead atoms. The minimum Gasteiger partial charge on any atom is -0.423 e. The van der Waals surface area contributed by atoms with Gasteiger partial charge in [0.05, 0.1) is 36.9 Å². The third-order valence-electron chi connectivity index (χ3n) is 6.22. The van der Waals surface area contributed by atoms with Crippen LogP contribution in [0.1, 0.15) is 22.8 Å². The van der Waals surface area contributed by atoms with E-state index >= 15 is 0 Å². The third-order valence-corrected chi connectivity index (χ3v) is 6.22. The summed E-state index contributed by atoms with van der Waals surface area (Å²) < 4.78 is 5.55. The molecule has 188 valence electrons. The molecule has 1 aliphatic heterocycles. The molecule has 0 radical (unpaired) electrons. The Hall–Kier alpha value is -3.90. The van der Waals surface area contributed by atoms with Crippen LogP contribution in [0, 0.1) is 0 Å². The van der Waals surface area contributed by atoms with Crippen molar-refractivity contribution in [2.45, 2.75) is 19.6 Å². The number of hydrogen-bond acceptors (Lipinski definition) is 9. The number of hydroxylamine groups is 1. The lowest BCUT2D eigenvalue weighted by Gasteiger charge is -2.34. The Bertz CT molecular complexity index is 1400. The molecule has 4 aromatic rings. The summed E-state index contributed by atoms with van der Waals surface area (Å²) >= 11 is 0. The summed E-state index contributed by atoms with van der Waals surface area (Å²) in [6, 6.07) is 17.7. The molecule has 0 saturated carbocycles. The lowest BCUT2D eigenvalue weighted by atomic mass is 9.80. The topological polar surface area (TPSA) is 130 Å². The molecular weight excluding hydrogens is 473 g/mol. The zero-order valence-corrected chi connectivity index (χ0v) is 20.2. The highest BCUT2D eigenvalue weighted by Gasteiger charge is 2.22. The van der Waals surface area contributed by atoms with E-state index in [0.717, 1.165) is 28.9 Å². The van der Waals surface area contributed by atoms with Crippen LogP contribution in [-0.2, 0) is 16.2 Å². The number of hydrogen-bond donors (Lipinski definition) is 3. The van der Waals surface area contributed by atoms with Crippen LogP contribution in [0.5, 0.6) is 0 Å². The number of pyridine rings is 1. The standard InChI is InChI=1S/C26H26BN5O5/c1-17-14-36-12-11-32(17)25-22-9-10-23(30-24(22)28-16-29-25)19-3-2-4-20(13-19)26(33)31-37-15-18-5-7-21(8-6-18)27(34)35/h2-10,13,16-17,34-35H,11-12,14-15H2,1H3,(H,31,33). The molecule has 3 N–H and O–H groups in total. The summed E-state index contributed by atoms with van der Waals surface area (Å²) in [5.74, 6) is 0.447. The smallest absolute Gasteiger partial charge is 0.423 e. The summed E-state index contributed by atoms with van der Waals surface area (Å²) in [7, 11) is -1.53. The van der Waals surface area contributed by atoms with Crippen molar-refractivity contribution in [1.82, 2.24) is 20.4 Å².